The molecule has 142 valence electrons. The lowest BCUT2D eigenvalue weighted by Gasteiger charge is -2.32. The number of carbonyl (C=O) groups excluding carboxylic acids is 2. The topological polar surface area (TPSA) is 87.7 Å². The normalized spacial score (nSPS) is 14.2. The summed E-state index contributed by atoms with van der Waals surface area (Å²) in [5.41, 5.74) is 1.16. The third-order valence-electron chi connectivity index (χ3n) is 4.14. The molecular formula is C19H23N5O3. The zero-order valence-electron chi connectivity index (χ0n) is 15.5. The van der Waals surface area contributed by atoms with Crippen LogP contribution in [0.5, 0.6) is 5.75 Å². The Bertz CT molecular complexity index is 786. The van der Waals surface area contributed by atoms with Crippen LogP contribution in [0.1, 0.15) is 24.3 Å². The van der Waals surface area contributed by atoms with Crippen molar-refractivity contribution < 1.29 is 14.3 Å². The van der Waals surface area contributed by atoms with E-state index in [4.69, 9.17) is 4.74 Å². The highest BCUT2D eigenvalue weighted by molar-refractivity contribution is 5.93. The van der Waals surface area contributed by atoms with E-state index in [-0.39, 0.29) is 12.0 Å². The molecule has 0 radical (unpaired) electrons. The van der Waals surface area contributed by atoms with E-state index in [1.54, 1.807) is 15.9 Å². The van der Waals surface area contributed by atoms with Crippen molar-refractivity contribution >= 4 is 23.8 Å². The number of hydrogen-bond donors (Lipinski definition) is 1. The molecule has 0 aliphatic carbocycles. The Kier molecular flexibility index (Phi) is 5.85. The van der Waals surface area contributed by atoms with Crippen molar-refractivity contribution in [3.05, 3.63) is 42.4 Å². The van der Waals surface area contributed by atoms with E-state index >= 15 is 0 Å². The van der Waals surface area contributed by atoms with Gasteiger partial charge in [-0.15, -0.1) is 0 Å². The van der Waals surface area contributed by atoms with Crippen LogP contribution in [0.25, 0.3) is 0 Å². The molecule has 0 saturated carbocycles. The average molecular weight is 369 g/mol. The molecule has 1 aromatic heterocycles. The van der Waals surface area contributed by atoms with Crippen LogP contribution in [-0.4, -0.2) is 64.4 Å². The Balaban J connectivity index is 1.65. The summed E-state index contributed by atoms with van der Waals surface area (Å²) < 4.78 is 5.62. The van der Waals surface area contributed by atoms with Gasteiger partial charge >= 0.3 is 0 Å². The van der Waals surface area contributed by atoms with E-state index in [0.29, 0.717) is 37.7 Å². The molecule has 27 heavy (non-hydrogen) atoms. The van der Waals surface area contributed by atoms with Gasteiger partial charge in [0.1, 0.15) is 23.6 Å². The van der Waals surface area contributed by atoms with Crippen molar-refractivity contribution in [1.82, 2.24) is 19.8 Å². The number of nitrogens with zero attached hydrogens (tertiary/aromatic N) is 4. The fourth-order valence-electron chi connectivity index (χ4n) is 2.77. The maximum absolute atomic E-state index is 12.6. The van der Waals surface area contributed by atoms with Gasteiger partial charge in [-0.3, -0.25) is 9.59 Å². The first-order chi connectivity index (χ1) is 13.0. The number of anilines is 2. The first-order valence-electron chi connectivity index (χ1n) is 8.89. The monoisotopic (exact) mass is 369 g/mol. The highest BCUT2D eigenvalue weighted by Crippen LogP contribution is 2.20. The van der Waals surface area contributed by atoms with Crippen molar-refractivity contribution in [1.29, 1.82) is 0 Å². The van der Waals surface area contributed by atoms with Crippen LogP contribution in [0.2, 0.25) is 0 Å². The second kappa shape index (κ2) is 8.48. The molecule has 8 heteroatoms. The predicted octanol–water partition coefficient (Wildman–Crippen LogP) is 1.92. The van der Waals surface area contributed by atoms with Crippen molar-refractivity contribution in [2.75, 3.05) is 31.5 Å². The Hall–Kier alpha value is -3.16. The largest absolute Gasteiger partial charge is 0.491 e. The zero-order chi connectivity index (χ0) is 19.2. The summed E-state index contributed by atoms with van der Waals surface area (Å²) >= 11 is 0. The van der Waals surface area contributed by atoms with E-state index in [2.05, 4.69) is 15.3 Å². The Morgan fingerprint density at radius 1 is 1.15 bits per heavy atom. The maximum atomic E-state index is 12.6. The number of hydrogen-bond acceptors (Lipinski definition) is 6. The van der Waals surface area contributed by atoms with Gasteiger partial charge < -0.3 is 19.9 Å². The summed E-state index contributed by atoms with van der Waals surface area (Å²) in [4.78, 5) is 35.0. The first kappa shape index (κ1) is 18.6. The molecule has 0 atom stereocenters. The van der Waals surface area contributed by atoms with Gasteiger partial charge in [-0.25, -0.2) is 9.97 Å². The van der Waals surface area contributed by atoms with E-state index in [9.17, 15) is 9.59 Å². The molecule has 1 saturated heterocycles. The highest BCUT2D eigenvalue weighted by atomic mass is 16.5. The summed E-state index contributed by atoms with van der Waals surface area (Å²) in [5, 5.41) is 3.17. The van der Waals surface area contributed by atoms with Crippen LogP contribution in [0.4, 0.5) is 11.5 Å². The lowest BCUT2D eigenvalue weighted by molar-refractivity contribution is -0.119. The number of nitrogens with one attached hydrogen (secondary N) is 1. The van der Waals surface area contributed by atoms with Crippen LogP contribution < -0.4 is 10.1 Å². The van der Waals surface area contributed by atoms with Gasteiger partial charge in [-0.1, -0.05) is 0 Å². The van der Waals surface area contributed by atoms with Gasteiger partial charge in [0.25, 0.3) is 5.91 Å². The molecule has 1 aliphatic heterocycles. The quantitative estimate of drug-likeness (QED) is 0.783. The van der Waals surface area contributed by atoms with Crippen LogP contribution in [0.3, 0.4) is 0 Å². The molecule has 1 fully saturated rings. The smallest absolute Gasteiger partial charge is 0.272 e. The van der Waals surface area contributed by atoms with Gasteiger partial charge in [0.15, 0.2) is 0 Å². The Labute approximate surface area is 158 Å². The number of rotatable bonds is 6. The minimum Gasteiger partial charge on any atom is -0.491 e. The molecule has 1 N–H and O–H groups in total. The van der Waals surface area contributed by atoms with Crippen molar-refractivity contribution in [3.8, 4) is 5.75 Å². The molecule has 2 amide bonds. The lowest BCUT2D eigenvalue weighted by atomic mass is 10.2. The number of ether oxygens (including phenoxy) is 1. The summed E-state index contributed by atoms with van der Waals surface area (Å²) in [6.45, 7) is 6.03. The third kappa shape index (κ3) is 4.93. The van der Waals surface area contributed by atoms with Crippen LogP contribution in [0, 0.1) is 0 Å². The highest BCUT2D eigenvalue weighted by Gasteiger charge is 2.22. The zero-order valence-corrected chi connectivity index (χ0v) is 15.5. The lowest BCUT2D eigenvalue weighted by Crippen LogP contribution is -2.48. The standard InChI is InChI=1S/C19H23N5O3/c1-14(2)27-16-5-3-15(4-6-16)22-18-11-17(20-12-21-18)19(26)24-9-7-23(13-25)8-10-24/h3-6,11-14H,7-10H2,1-2H3,(H,20,21,22). The van der Waals surface area contributed by atoms with Crippen LogP contribution in [-0.2, 0) is 4.79 Å². The third-order valence-corrected chi connectivity index (χ3v) is 4.14. The van der Waals surface area contributed by atoms with Gasteiger partial charge in [-0.05, 0) is 38.1 Å². The predicted molar refractivity (Wildman–Crippen MR) is 101 cm³/mol. The van der Waals surface area contributed by atoms with Gasteiger partial charge in [0.05, 0.1) is 6.10 Å². The Morgan fingerprint density at radius 2 is 1.85 bits per heavy atom. The number of piperazine rings is 1. The first-order valence-corrected chi connectivity index (χ1v) is 8.89. The summed E-state index contributed by atoms with van der Waals surface area (Å²) in [6, 6.07) is 9.16. The van der Waals surface area contributed by atoms with Crippen molar-refractivity contribution in [2.45, 2.75) is 20.0 Å². The van der Waals surface area contributed by atoms with E-state index < -0.39 is 0 Å². The van der Waals surface area contributed by atoms with Crippen molar-refractivity contribution in [2.24, 2.45) is 0 Å². The van der Waals surface area contributed by atoms with Crippen molar-refractivity contribution in [3.63, 3.8) is 0 Å². The minimum atomic E-state index is -0.160. The summed E-state index contributed by atoms with van der Waals surface area (Å²) in [7, 11) is 0. The molecule has 0 bridgehead atoms. The maximum Gasteiger partial charge on any atom is 0.272 e. The molecule has 0 unspecified atom stereocenters. The average Bonchev–Trinajstić information content (AvgIpc) is 2.69. The molecule has 8 nitrogen and oxygen atoms in total. The van der Waals surface area contributed by atoms with E-state index in [0.717, 1.165) is 17.8 Å². The van der Waals surface area contributed by atoms with Crippen LogP contribution in [0.15, 0.2) is 36.7 Å². The molecule has 1 aliphatic rings. The number of aromatic nitrogens is 2. The second-order valence-corrected chi connectivity index (χ2v) is 6.54. The summed E-state index contributed by atoms with van der Waals surface area (Å²) in [5.74, 6) is 1.17. The molecule has 0 spiro atoms. The number of amides is 2. The van der Waals surface area contributed by atoms with Gasteiger partial charge in [0, 0.05) is 37.9 Å². The minimum absolute atomic E-state index is 0.118. The fraction of sp³-hybridized carbons (Fsp3) is 0.368. The molecular weight excluding hydrogens is 346 g/mol. The fourth-order valence-corrected chi connectivity index (χ4v) is 2.77. The molecule has 2 heterocycles. The van der Waals surface area contributed by atoms with Gasteiger partial charge in [-0.2, -0.15) is 0 Å². The molecule has 1 aromatic carbocycles. The number of benzene rings is 1. The SMILES string of the molecule is CC(C)Oc1ccc(Nc2cc(C(=O)N3CCN(C=O)CC3)ncn2)cc1. The summed E-state index contributed by atoms with van der Waals surface area (Å²) in [6.07, 6.45) is 2.30. The number of carbonyl (C=O) groups is 2. The van der Waals surface area contributed by atoms with Crippen LogP contribution >= 0.6 is 0 Å². The van der Waals surface area contributed by atoms with Gasteiger partial charge in [0.2, 0.25) is 6.41 Å². The molecule has 2 aromatic rings. The van der Waals surface area contributed by atoms with E-state index in [1.165, 1.54) is 6.33 Å². The Morgan fingerprint density at radius 3 is 2.48 bits per heavy atom. The second-order valence-electron chi connectivity index (χ2n) is 6.54. The molecule has 3 rings (SSSR count). The van der Waals surface area contributed by atoms with E-state index in [1.807, 2.05) is 38.1 Å².